The van der Waals surface area contributed by atoms with E-state index in [1.807, 2.05) is 32.9 Å². The van der Waals surface area contributed by atoms with Gasteiger partial charge in [-0.2, -0.15) is 0 Å². The quantitative estimate of drug-likeness (QED) is 0.847. The molecule has 1 heterocycles. The first-order chi connectivity index (χ1) is 10.8. The molecule has 1 N–H and O–H groups in total. The summed E-state index contributed by atoms with van der Waals surface area (Å²) in [5, 5.41) is 3.37. The summed E-state index contributed by atoms with van der Waals surface area (Å²) < 4.78 is 10.2. The van der Waals surface area contributed by atoms with E-state index in [1.54, 1.807) is 17.0 Å². The van der Waals surface area contributed by atoms with E-state index in [0.29, 0.717) is 25.2 Å². The molecule has 0 aromatic heterocycles. The van der Waals surface area contributed by atoms with Crippen LogP contribution in [-0.2, 0) is 9.47 Å². The van der Waals surface area contributed by atoms with Gasteiger partial charge in [0.05, 0.1) is 18.7 Å². The number of nitrogens with one attached hydrogen (secondary N) is 1. The van der Waals surface area contributed by atoms with Crippen molar-refractivity contribution in [1.82, 2.24) is 10.2 Å². The zero-order valence-electron chi connectivity index (χ0n) is 14.1. The third-order valence-corrected chi connectivity index (χ3v) is 3.54. The van der Waals surface area contributed by atoms with Gasteiger partial charge in [-0.25, -0.2) is 9.59 Å². The summed E-state index contributed by atoms with van der Waals surface area (Å²) in [6.45, 7) is 7.33. The lowest BCUT2D eigenvalue weighted by molar-refractivity contribution is 0.0194. The van der Waals surface area contributed by atoms with Gasteiger partial charge < -0.3 is 19.7 Å². The van der Waals surface area contributed by atoms with Crippen LogP contribution < -0.4 is 5.32 Å². The zero-order valence-corrected chi connectivity index (χ0v) is 14.1. The highest BCUT2D eigenvalue weighted by Gasteiger charge is 2.28. The number of amides is 1. The van der Waals surface area contributed by atoms with Crippen LogP contribution >= 0.6 is 0 Å². The van der Waals surface area contributed by atoms with Gasteiger partial charge in [-0.1, -0.05) is 12.1 Å². The minimum Gasteiger partial charge on any atom is -0.465 e. The Labute approximate surface area is 136 Å². The van der Waals surface area contributed by atoms with Crippen molar-refractivity contribution in [3.63, 3.8) is 0 Å². The Kier molecular flexibility index (Phi) is 5.26. The smallest absolute Gasteiger partial charge is 0.410 e. The Bertz CT molecular complexity index is 580. The molecule has 1 aromatic carbocycles. The van der Waals surface area contributed by atoms with Crippen LogP contribution in [0.1, 0.15) is 42.7 Å². The van der Waals surface area contributed by atoms with Gasteiger partial charge in [-0.05, 0) is 38.5 Å². The Balaban J connectivity index is 2.09. The molecule has 2 rings (SSSR count). The molecular formula is C17H24N2O4. The minimum absolute atomic E-state index is 0.0409. The summed E-state index contributed by atoms with van der Waals surface area (Å²) in [7, 11) is 1.36. The van der Waals surface area contributed by atoms with Gasteiger partial charge in [0.2, 0.25) is 0 Å². The molecule has 1 saturated heterocycles. The van der Waals surface area contributed by atoms with Crippen LogP contribution in [0.5, 0.6) is 0 Å². The molecule has 0 unspecified atom stereocenters. The van der Waals surface area contributed by atoms with Crippen LogP contribution in [0.25, 0.3) is 0 Å². The summed E-state index contributed by atoms with van der Waals surface area (Å²) >= 11 is 0. The van der Waals surface area contributed by atoms with Crippen molar-refractivity contribution in [3.8, 4) is 0 Å². The maximum absolute atomic E-state index is 12.2. The van der Waals surface area contributed by atoms with Crippen molar-refractivity contribution in [2.24, 2.45) is 0 Å². The van der Waals surface area contributed by atoms with Crippen molar-refractivity contribution >= 4 is 12.1 Å². The highest BCUT2D eigenvalue weighted by molar-refractivity contribution is 5.89. The fraction of sp³-hybridized carbons (Fsp3) is 0.529. The van der Waals surface area contributed by atoms with Crippen LogP contribution in [0, 0.1) is 0 Å². The SMILES string of the molecule is COC(=O)c1cccc([C@@H]2CN(C(=O)OC(C)(C)C)CCN2)c1. The molecule has 6 heteroatoms. The van der Waals surface area contributed by atoms with Gasteiger partial charge >= 0.3 is 12.1 Å². The maximum Gasteiger partial charge on any atom is 0.410 e. The first-order valence-electron chi connectivity index (χ1n) is 7.70. The molecule has 1 aliphatic rings. The fourth-order valence-electron chi connectivity index (χ4n) is 2.47. The zero-order chi connectivity index (χ0) is 17.0. The molecule has 1 aromatic rings. The minimum atomic E-state index is -0.512. The summed E-state index contributed by atoms with van der Waals surface area (Å²) in [4.78, 5) is 25.6. The second-order valence-electron chi connectivity index (χ2n) is 6.55. The van der Waals surface area contributed by atoms with Gasteiger partial charge in [-0.15, -0.1) is 0 Å². The van der Waals surface area contributed by atoms with Crippen molar-refractivity contribution in [1.29, 1.82) is 0 Å². The number of carbonyl (C=O) groups is 2. The van der Waals surface area contributed by atoms with Gasteiger partial charge in [0.15, 0.2) is 0 Å². The molecule has 0 aliphatic carbocycles. The average molecular weight is 320 g/mol. The molecule has 1 atom stereocenters. The Morgan fingerprint density at radius 3 is 2.70 bits per heavy atom. The summed E-state index contributed by atoms with van der Waals surface area (Å²) in [5.41, 5.74) is 0.935. The predicted molar refractivity (Wildman–Crippen MR) is 86.3 cm³/mol. The second kappa shape index (κ2) is 7.00. The lowest BCUT2D eigenvalue weighted by atomic mass is 10.0. The standard InChI is InChI=1S/C17H24N2O4/c1-17(2,3)23-16(21)19-9-8-18-14(11-19)12-6-5-7-13(10-12)15(20)22-4/h5-7,10,14,18H,8-9,11H2,1-4H3/t14-/m0/s1. The van der Waals surface area contributed by atoms with Gasteiger partial charge in [0.1, 0.15) is 5.60 Å². The van der Waals surface area contributed by atoms with E-state index in [0.717, 1.165) is 5.56 Å². The van der Waals surface area contributed by atoms with Crippen LogP contribution in [0.4, 0.5) is 4.79 Å². The second-order valence-corrected chi connectivity index (χ2v) is 6.55. The molecule has 23 heavy (non-hydrogen) atoms. The predicted octanol–water partition coefficient (Wildman–Crippen LogP) is 2.35. The first-order valence-corrected chi connectivity index (χ1v) is 7.70. The number of piperazine rings is 1. The third kappa shape index (κ3) is 4.69. The van der Waals surface area contributed by atoms with E-state index in [9.17, 15) is 9.59 Å². The normalized spacial score (nSPS) is 18.4. The van der Waals surface area contributed by atoms with E-state index in [4.69, 9.17) is 9.47 Å². The molecule has 0 spiro atoms. The number of ether oxygens (including phenoxy) is 2. The maximum atomic E-state index is 12.2. The number of esters is 1. The molecule has 126 valence electrons. The van der Waals surface area contributed by atoms with Crippen molar-refractivity contribution in [3.05, 3.63) is 35.4 Å². The first kappa shape index (κ1) is 17.3. The van der Waals surface area contributed by atoms with E-state index in [2.05, 4.69) is 5.32 Å². The van der Waals surface area contributed by atoms with E-state index >= 15 is 0 Å². The highest BCUT2D eigenvalue weighted by Crippen LogP contribution is 2.20. The van der Waals surface area contributed by atoms with Crippen LogP contribution in [0.2, 0.25) is 0 Å². The lowest BCUT2D eigenvalue weighted by Gasteiger charge is -2.35. The number of hydrogen-bond donors (Lipinski definition) is 1. The molecule has 0 saturated carbocycles. The Hall–Kier alpha value is -2.08. The summed E-state index contributed by atoms with van der Waals surface area (Å²) in [6.07, 6.45) is -0.312. The number of methoxy groups -OCH3 is 1. The fourth-order valence-corrected chi connectivity index (χ4v) is 2.47. The largest absolute Gasteiger partial charge is 0.465 e. The number of benzene rings is 1. The topological polar surface area (TPSA) is 67.9 Å². The van der Waals surface area contributed by atoms with Gasteiger partial charge in [-0.3, -0.25) is 0 Å². The molecule has 1 amide bonds. The number of hydrogen-bond acceptors (Lipinski definition) is 5. The number of rotatable bonds is 2. The van der Waals surface area contributed by atoms with Crippen molar-refractivity contribution < 1.29 is 19.1 Å². The molecule has 1 aliphatic heterocycles. The Morgan fingerprint density at radius 2 is 2.04 bits per heavy atom. The number of nitrogens with zero attached hydrogens (tertiary/aromatic N) is 1. The molecular weight excluding hydrogens is 296 g/mol. The summed E-state index contributed by atoms with van der Waals surface area (Å²) in [5.74, 6) is -0.369. The van der Waals surface area contributed by atoms with Crippen LogP contribution in [0.3, 0.4) is 0 Å². The molecule has 0 bridgehead atoms. The van der Waals surface area contributed by atoms with E-state index in [1.165, 1.54) is 7.11 Å². The van der Waals surface area contributed by atoms with Crippen molar-refractivity contribution in [2.45, 2.75) is 32.4 Å². The van der Waals surface area contributed by atoms with Crippen LogP contribution in [0.15, 0.2) is 24.3 Å². The van der Waals surface area contributed by atoms with E-state index < -0.39 is 5.60 Å². The summed E-state index contributed by atoms with van der Waals surface area (Å²) in [6, 6.07) is 7.21. The lowest BCUT2D eigenvalue weighted by Crippen LogP contribution is -2.49. The number of carbonyl (C=O) groups excluding carboxylic acids is 2. The molecule has 1 fully saturated rings. The van der Waals surface area contributed by atoms with E-state index in [-0.39, 0.29) is 18.1 Å². The third-order valence-electron chi connectivity index (χ3n) is 3.54. The van der Waals surface area contributed by atoms with Gasteiger partial charge in [0, 0.05) is 19.6 Å². The van der Waals surface area contributed by atoms with Crippen molar-refractivity contribution in [2.75, 3.05) is 26.7 Å². The average Bonchev–Trinajstić information content (AvgIpc) is 2.53. The molecule has 6 nitrogen and oxygen atoms in total. The Morgan fingerprint density at radius 1 is 1.30 bits per heavy atom. The van der Waals surface area contributed by atoms with Crippen LogP contribution in [-0.4, -0.2) is 49.3 Å². The monoisotopic (exact) mass is 320 g/mol. The van der Waals surface area contributed by atoms with Gasteiger partial charge in [0.25, 0.3) is 0 Å². The molecule has 0 radical (unpaired) electrons. The highest BCUT2D eigenvalue weighted by atomic mass is 16.6.